The van der Waals surface area contributed by atoms with Gasteiger partial charge in [-0.25, -0.2) is 0 Å². The van der Waals surface area contributed by atoms with Crippen LogP contribution in [-0.4, -0.2) is 11.2 Å². The summed E-state index contributed by atoms with van der Waals surface area (Å²) in [5, 5.41) is 10.2. The Morgan fingerprint density at radius 3 is 2.43 bits per heavy atom. The van der Waals surface area contributed by atoms with E-state index in [-0.39, 0.29) is 6.10 Å². The van der Waals surface area contributed by atoms with Crippen LogP contribution in [0.2, 0.25) is 0 Å². The number of aliphatic hydroxyl groups excluding tert-OH is 1. The number of hydrogen-bond acceptors (Lipinski definition) is 1. The molecule has 0 aromatic rings. The highest BCUT2D eigenvalue weighted by atomic mass is 16.3. The van der Waals surface area contributed by atoms with Crippen molar-refractivity contribution in [3.63, 3.8) is 0 Å². The van der Waals surface area contributed by atoms with E-state index in [1.807, 2.05) is 0 Å². The van der Waals surface area contributed by atoms with Crippen LogP contribution < -0.4 is 0 Å². The minimum absolute atomic E-state index is 0.359. The second kappa shape index (κ2) is 9.04. The van der Waals surface area contributed by atoms with Crippen molar-refractivity contribution in [3.8, 4) is 0 Å². The standard InChI is InChI=1S/C20H32O/c1-15(2)19-12-9-16(3)7-6-8-17(4)10-14-20(21)18(5)11-13-19/h8-9,12,15,20-21H,5-7,10-11,13-14H2,1-4H3/b16-9+,17-8+,19-12+. The summed E-state index contributed by atoms with van der Waals surface area (Å²) >= 11 is 0. The zero-order chi connectivity index (χ0) is 15.8. The lowest BCUT2D eigenvalue weighted by molar-refractivity contribution is 0.197. The van der Waals surface area contributed by atoms with Crippen LogP contribution in [0.4, 0.5) is 0 Å². The molecule has 1 rings (SSSR count). The largest absolute Gasteiger partial charge is 0.389 e. The smallest absolute Gasteiger partial charge is 0.0750 e. The van der Waals surface area contributed by atoms with Gasteiger partial charge in [0.1, 0.15) is 0 Å². The molecule has 1 atom stereocenters. The molecule has 0 amide bonds. The molecule has 0 fully saturated rings. The Kier molecular flexibility index (Phi) is 7.74. The third-order valence-electron chi connectivity index (χ3n) is 4.37. The van der Waals surface area contributed by atoms with Gasteiger partial charge < -0.3 is 5.11 Å². The van der Waals surface area contributed by atoms with E-state index in [2.05, 4.69) is 52.5 Å². The fourth-order valence-electron chi connectivity index (χ4n) is 2.59. The first-order chi connectivity index (χ1) is 9.90. The molecular formula is C20H32O. The summed E-state index contributed by atoms with van der Waals surface area (Å²) in [5.41, 5.74) is 5.25. The zero-order valence-corrected chi connectivity index (χ0v) is 14.3. The average Bonchev–Trinajstić information content (AvgIpc) is 2.43. The summed E-state index contributed by atoms with van der Waals surface area (Å²) < 4.78 is 0. The second-order valence-corrected chi connectivity index (χ2v) is 6.71. The maximum Gasteiger partial charge on any atom is 0.0750 e. The number of allylic oxidation sites excluding steroid dienone is 6. The molecule has 1 unspecified atom stereocenters. The predicted octanol–water partition coefficient (Wildman–Crippen LogP) is 5.73. The summed E-state index contributed by atoms with van der Waals surface area (Å²) in [6.45, 7) is 12.9. The maximum absolute atomic E-state index is 10.2. The van der Waals surface area contributed by atoms with Gasteiger partial charge in [-0.1, -0.05) is 55.4 Å². The van der Waals surface area contributed by atoms with Gasteiger partial charge in [0.15, 0.2) is 0 Å². The van der Waals surface area contributed by atoms with E-state index in [1.165, 1.54) is 16.7 Å². The van der Waals surface area contributed by atoms with Crippen molar-refractivity contribution >= 4 is 0 Å². The quantitative estimate of drug-likeness (QED) is 0.611. The second-order valence-electron chi connectivity index (χ2n) is 6.71. The monoisotopic (exact) mass is 288 g/mol. The van der Waals surface area contributed by atoms with Crippen molar-refractivity contribution in [1.29, 1.82) is 0 Å². The maximum atomic E-state index is 10.2. The van der Waals surface area contributed by atoms with Gasteiger partial charge in [-0.15, -0.1) is 0 Å². The predicted molar refractivity (Wildman–Crippen MR) is 93.3 cm³/mol. The van der Waals surface area contributed by atoms with E-state index >= 15 is 0 Å². The molecule has 1 heteroatoms. The Balaban J connectivity index is 2.90. The fraction of sp³-hybridized carbons (Fsp3) is 0.600. The Labute approximate surface area is 131 Å². The molecule has 1 aliphatic rings. The van der Waals surface area contributed by atoms with Crippen LogP contribution >= 0.6 is 0 Å². The van der Waals surface area contributed by atoms with Gasteiger partial charge in [-0.05, 0) is 63.9 Å². The third kappa shape index (κ3) is 6.95. The third-order valence-corrected chi connectivity index (χ3v) is 4.37. The van der Waals surface area contributed by atoms with Gasteiger partial charge >= 0.3 is 0 Å². The van der Waals surface area contributed by atoms with Crippen molar-refractivity contribution in [1.82, 2.24) is 0 Å². The average molecular weight is 288 g/mol. The topological polar surface area (TPSA) is 20.2 Å². The normalized spacial score (nSPS) is 30.7. The molecule has 118 valence electrons. The van der Waals surface area contributed by atoms with Crippen molar-refractivity contribution in [2.24, 2.45) is 5.92 Å². The fourth-order valence-corrected chi connectivity index (χ4v) is 2.59. The van der Waals surface area contributed by atoms with Crippen molar-refractivity contribution in [2.75, 3.05) is 0 Å². The highest BCUT2D eigenvalue weighted by Crippen LogP contribution is 2.23. The molecule has 0 saturated carbocycles. The van der Waals surface area contributed by atoms with Crippen LogP contribution in [0.5, 0.6) is 0 Å². The van der Waals surface area contributed by atoms with Crippen LogP contribution in [0.3, 0.4) is 0 Å². The number of hydrogen-bond donors (Lipinski definition) is 1. The summed E-state index contributed by atoms with van der Waals surface area (Å²) in [6, 6.07) is 0. The highest BCUT2D eigenvalue weighted by molar-refractivity contribution is 5.20. The Hall–Kier alpha value is -1.08. The SMILES string of the molecule is C=C1CC/C(C(C)C)=C\C=C(/C)CC/C=C(\C)CCC1O. The lowest BCUT2D eigenvalue weighted by atomic mass is 9.92. The number of aliphatic hydroxyl groups is 1. The molecule has 0 aromatic carbocycles. The molecule has 1 aliphatic carbocycles. The first kappa shape index (κ1) is 18.0. The van der Waals surface area contributed by atoms with E-state index in [1.54, 1.807) is 0 Å². The Morgan fingerprint density at radius 2 is 1.76 bits per heavy atom. The Bertz CT molecular complexity index is 435. The van der Waals surface area contributed by atoms with Crippen LogP contribution in [0.1, 0.15) is 66.2 Å². The van der Waals surface area contributed by atoms with Gasteiger partial charge in [0.2, 0.25) is 0 Å². The summed E-state index contributed by atoms with van der Waals surface area (Å²) in [5.74, 6) is 0.550. The van der Waals surface area contributed by atoms with Crippen LogP contribution in [0, 0.1) is 5.92 Å². The highest BCUT2D eigenvalue weighted by Gasteiger charge is 2.11. The minimum atomic E-state index is -0.359. The molecular weight excluding hydrogens is 256 g/mol. The van der Waals surface area contributed by atoms with Crippen LogP contribution in [-0.2, 0) is 0 Å². The van der Waals surface area contributed by atoms with E-state index < -0.39 is 0 Å². The van der Waals surface area contributed by atoms with E-state index in [0.29, 0.717) is 5.92 Å². The van der Waals surface area contributed by atoms with Crippen molar-refractivity contribution in [3.05, 3.63) is 47.1 Å². The van der Waals surface area contributed by atoms with Gasteiger partial charge in [-0.3, -0.25) is 0 Å². The van der Waals surface area contributed by atoms with Crippen LogP contribution in [0.25, 0.3) is 0 Å². The lowest BCUT2D eigenvalue weighted by Crippen LogP contribution is -2.10. The molecule has 0 saturated heterocycles. The molecule has 0 bridgehead atoms. The van der Waals surface area contributed by atoms with Gasteiger partial charge in [0.25, 0.3) is 0 Å². The molecule has 0 aliphatic heterocycles. The van der Waals surface area contributed by atoms with E-state index in [0.717, 1.165) is 44.1 Å². The molecule has 21 heavy (non-hydrogen) atoms. The first-order valence-corrected chi connectivity index (χ1v) is 8.27. The summed E-state index contributed by atoms with van der Waals surface area (Å²) in [4.78, 5) is 0. The van der Waals surface area contributed by atoms with Gasteiger partial charge in [-0.2, -0.15) is 0 Å². The molecule has 0 aromatic heterocycles. The molecule has 1 nitrogen and oxygen atoms in total. The van der Waals surface area contributed by atoms with Gasteiger partial charge in [0.05, 0.1) is 6.10 Å². The summed E-state index contributed by atoms with van der Waals surface area (Å²) in [6.07, 6.45) is 12.4. The first-order valence-electron chi connectivity index (χ1n) is 8.27. The zero-order valence-electron chi connectivity index (χ0n) is 14.3. The minimum Gasteiger partial charge on any atom is -0.389 e. The van der Waals surface area contributed by atoms with Gasteiger partial charge in [0, 0.05) is 0 Å². The van der Waals surface area contributed by atoms with E-state index in [9.17, 15) is 5.11 Å². The van der Waals surface area contributed by atoms with Crippen molar-refractivity contribution in [2.45, 2.75) is 72.3 Å². The van der Waals surface area contributed by atoms with Crippen molar-refractivity contribution < 1.29 is 5.11 Å². The summed E-state index contributed by atoms with van der Waals surface area (Å²) in [7, 11) is 0. The number of rotatable bonds is 1. The lowest BCUT2D eigenvalue weighted by Gasteiger charge is -2.17. The van der Waals surface area contributed by atoms with Crippen LogP contribution in [0.15, 0.2) is 47.1 Å². The molecule has 0 spiro atoms. The molecule has 0 radical (unpaired) electrons. The Morgan fingerprint density at radius 1 is 1.05 bits per heavy atom. The molecule has 0 heterocycles. The molecule has 1 N–H and O–H groups in total. The van der Waals surface area contributed by atoms with E-state index in [4.69, 9.17) is 0 Å².